The number of benzene rings is 1. The van der Waals surface area contributed by atoms with E-state index in [1.54, 1.807) is 0 Å². The highest BCUT2D eigenvalue weighted by Crippen LogP contribution is 2.30. The van der Waals surface area contributed by atoms with Gasteiger partial charge in [-0.2, -0.15) is 0 Å². The van der Waals surface area contributed by atoms with Gasteiger partial charge in [-0.15, -0.1) is 0 Å². The molecule has 0 heterocycles. The van der Waals surface area contributed by atoms with Gasteiger partial charge in [-0.05, 0) is 43.4 Å². The summed E-state index contributed by atoms with van der Waals surface area (Å²) in [6.45, 7) is 6.35. The largest absolute Gasteiger partial charge is 0.323 e. The van der Waals surface area contributed by atoms with E-state index < -0.39 is 5.82 Å². The van der Waals surface area contributed by atoms with Crippen molar-refractivity contribution < 1.29 is 9.18 Å². The molecule has 1 amide bonds. The molecule has 1 aliphatic carbocycles. The number of carbonyl (C=O) groups is 1. The molecule has 22 heavy (non-hydrogen) atoms. The van der Waals surface area contributed by atoms with Gasteiger partial charge in [0, 0.05) is 6.04 Å². The minimum Gasteiger partial charge on any atom is -0.323 e. The molecule has 0 spiro atoms. The lowest BCUT2D eigenvalue weighted by Crippen LogP contribution is -2.49. The molecule has 0 aliphatic heterocycles. The van der Waals surface area contributed by atoms with E-state index in [4.69, 9.17) is 11.6 Å². The summed E-state index contributed by atoms with van der Waals surface area (Å²) in [6, 6.07) is 3.99. The first kappa shape index (κ1) is 17.2. The van der Waals surface area contributed by atoms with Gasteiger partial charge in [0.05, 0.1) is 16.8 Å². The maximum absolute atomic E-state index is 13.0. The monoisotopic (exact) mass is 326 g/mol. The van der Waals surface area contributed by atoms with E-state index in [1.165, 1.54) is 31.0 Å². The number of hydrogen-bond acceptors (Lipinski definition) is 2. The van der Waals surface area contributed by atoms with Crippen molar-refractivity contribution in [1.29, 1.82) is 0 Å². The van der Waals surface area contributed by atoms with Crippen molar-refractivity contribution in [2.75, 3.05) is 5.32 Å². The summed E-state index contributed by atoms with van der Waals surface area (Å²) in [5, 5.41) is 6.38. The Morgan fingerprint density at radius 3 is 2.77 bits per heavy atom. The second-order valence-electron chi connectivity index (χ2n) is 6.38. The Bertz CT molecular complexity index is 537. The molecule has 2 N–H and O–H groups in total. The van der Waals surface area contributed by atoms with Crippen LogP contribution in [-0.4, -0.2) is 18.0 Å². The number of rotatable bonds is 4. The summed E-state index contributed by atoms with van der Waals surface area (Å²) in [7, 11) is 0. The van der Waals surface area contributed by atoms with Crippen molar-refractivity contribution in [3.8, 4) is 0 Å². The number of anilines is 1. The fraction of sp³-hybridized carbons (Fsp3) is 0.588. The van der Waals surface area contributed by atoms with Crippen LogP contribution in [0.3, 0.4) is 0 Å². The van der Waals surface area contributed by atoms with Gasteiger partial charge in [0.1, 0.15) is 5.82 Å². The highest BCUT2D eigenvalue weighted by atomic mass is 35.5. The van der Waals surface area contributed by atoms with Gasteiger partial charge in [-0.3, -0.25) is 4.79 Å². The van der Waals surface area contributed by atoms with Crippen LogP contribution in [0, 0.1) is 17.7 Å². The van der Waals surface area contributed by atoms with Gasteiger partial charge < -0.3 is 10.6 Å². The third-order valence-corrected chi connectivity index (χ3v) is 5.07. The zero-order valence-electron chi connectivity index (χ0n) is 13.3. The first-order valence-corrected chi connectivity index (χ1v) is 8.28. The third kappa shape index (κ3) is 4.20. The van der Waals surface area contributed by atoms with E-state index in [0.717, 1.165) is 6.42 Å². The van der Waals surface area contributed by atoms with Crippen LogP contribution in [0.2, 0.25) is 5.02 Å². The molecule has 3 nitrogen and oxygen atoms in total. The van der Waals surface area contributed by atoms with Crippen LogP contribution >= 0.6 is 11.6 Å². The maximum Gasteiger partial charge on any atom is 0.241 e. The molecule has 1 saturated carbocycles. The number of halogens is 2. The Hall–Kier alpha value is -1.13. The number of carbonyl (C=O) groups excluding carboxylic acids is 1. The van der Waals surface area contributed by atoms with Crippen LogP contribution in [0.4, 0.5) is 10.1 Å². The lowest BCUT2D eigenvalue weighted by molar-refractivity contribution is -0.118. The minimum atomic E-state index is -0.417. The van der Waals surface area contributed by atoms with E-state index in [-0.39, 0.29) is 17.0 Å². The van der Waals surface area contributed by atoms with Gasteiger partial charge in [0.15, 0.2) is 0 Å². The predicted octanol–water partition coefficient (Wildman–Crippen LogP) is 4.22. The second kappa shape index (κ2) is 7.42. The molecule has 2 rings (SSSR count). The number of amides is 1. The molecular formula is C17H24ClFN2O. The SMILES string of the molecule is C[C@H]1[C@@H](N[C@@H](C)C(=O)Nc2ccc(F)cc2Cl)CCC[C@@H]1C. The first-order chi connectivity index (χ1) is 10.4. The molecule has 4 atom stereocenters. The van der Waals surface area contributed by atoms with Crippen LogP contribution < -0.4 is 10.6 Å². The molecule has 1 aliphatic rings. The average Bonchev–Trinajstić information content (AvgIpc) is 2.46. The zero-order chi connectivity index (χ0) is 16.3. The Labute approximate surface area is 136 Å². The predicted molar refractivity (Wildman–Crippen MR) is 88.6 cm³/mol. The molecular weight excluding hydrogens is 303 g/mol. The summed E-state index contributed by atoms with van der Waals surface area (Å²) >= 11 is 5.94. The molecule has 0 aromatic heterocycles. The Kier molecular flexibility index (Phi) is 5.81. The summed E-state index contributed by atoms with van der Waals surface area (Å²) in [5.41, 5.74) is 0.437. The summed E-state index contributed by atoms with van der Waals surface area (Å²) in [5.74, 6) is 0.657. The molecule has 1 fully saturated rings. The molecule has 5 heteroatoms. The van der Waals surface area contributed by atoms with Crippen molar-refractivity contribution in [3.63, 3.8) is 0 Å². The van der Waals surface area contributed by atoms with E-state index in [1.807, 2.05) is 6.92 Å². The van der Waals surface area contributed by atoms with Crippen molar-refractivity contribution in [2.45, 2.75) is 52.1 Å². The zero-order valence-corrected chi connectivity index (χ0v) is 14.1. The van der Waals surface area contributed by atoms with Crippen LogP contribution in [0.25, 0.3) is 0 Å². The van der Waals surface area contributed by atoms with E-state index in [9.17, 15) is 9.18 Å². The molecule has 0 radical (unpaired) electrons. The van der Waals surface area contributed by atoms with Crippen molar-refractivity contribution in [1.82, 2.24) is 5.32 Å². The molecule has 0 bridgehead atoms. The lowest BCUT2D eigenvalue weighted by Gasteiger charge is -2.36. The van der Waals surface area contributed by atoms with Crippen LogP contribution in [0.15, 0.2) is 18.2 Å². The van der Waals surface area contributed by atoms with Gasteiger partial charge in [0.25, 0.3) is 0 Å². The summed E-state index contributed by atoms with van der Waals surface area (Å²) in [6.07, 6.45) is 3.55. The summed E-state index contributed by atoms with van der Waals surface area (Å²) in [4.78, 5) is 12.3. The van der Waals surface area contributed by atoms with Gasteiger partial charge in [0.2, 0.25) is 5.91 Å². The van der Waals surface area contributed by atoms with E-state index >= 15 is 0 Å². The Morgan fingerprint density at radius 2 is 2.09 bits per heavy atom. The van der Waals surface area contributed by atoms with Crippen molar-refractivity contribution >= 4 is 23.2 Å². The topological polar surface area (TPSA) is 41.1 Å². The third-order valence-electron chi connectivity index (χ3n) is 4.75. The molecule has 1 aromatic rings. The van der Waals surface area contributed by atoms with Crippen LogP contribution in [0.1, 0.15) is 40.0 Å². The molecule has 0 unspecified atom stereocenters. The van der Waals surface area contributed by atoms with Crippen LogP contribution in [-0.2, 0) is 4.79 Å². The normalized spacial score (nSPS) is 26.5. The standard InChI is InChI=1S/C17H24ClFN2O/c1-10-5-4-6-15(11(10)2)20-12(3)17(22)21-16-8-7-13(19)9-14(16)18/h7-12,15,20H,4-6H2,1-3H3,(H,21,22)/t10-,11+,12-,15-/m0/s1. The number of hydrogen-bond donors (Lipinski definition) is 2. The maximum atomic E-state index is 13.0. The second-order valence-corrected chi connectivity index (χ2v) is 6.78. The van der Waals surface area contributed by atoms with Gasteiger partial charge in [-0.25, -0.2) is 4.39 Å². The van der Waals surface area contributed by atoms with E-state index in [2.05, 4.69) is 24.5 Å². The molecule has 1 aromatic carbocycles. The highest BCUT2D eigenvalue weighted by Gasteiger charge is 2.29. The number of nitrogens with one attached hydrogen (secondary N) is 2. The smallest absolute Gasteiger partial charge is 0.241 e. The highest BCUT2D eigenvalue weighted by molar-refractivity contribution is 6.33. The van der Waals surface area contributed by atoms with E-state index in [0.29, 0.717) is 23.6 Å². The first-order valence-electron chi connectivity index (χ1n) is 7.90. The van der Waals surface area contributed by atoms with Gasteiger partial charge in [-0.1, -0.05) is 38.3 Å². The Balaban J connectivity index is 1.94. The fourth-order valence-corrected chi connectivity index (χ4v) is 3.26. The lowest BCUT2D eigenvalue weighted by atomic mass is 9.78. The van der Waals surface area contributed by atoms with Crippen molar-refractivity contribution in [2.24, 2.45) is 11.8 Å². The molecule has 122 valence electrons. The quantitative estimate of drug-likeness (QED) is 0.869. The van der Waals surface area contributed by atoms with Crippen LogP contribution in [0.5, 0.6) is 0 Å². The minimum absolute atomic E-state index is 0.154. The molecule has 0 saturated heterocycles. The fourth-order valence-electron chi connectivity index (χ4n) is 3.05. The van der Waals surface area contributed by atoms with Gasteiger partial charge >= 0.3 is 0 Å². The Morgan fingerprint density at radius 1 is 1.36 bits per heavy atom. The summed E-state index contributed by atoms with van der Waals surface area (Å²) < 4.78 is 13.0. The average molecular weight is 327 g/mol. The van der Waals surface area contributed by atoms with Crippen molar-refractivity contribution in [3.05, 3.63) is 29.0 Å².